The topological polar surface area (TPSA) is 41.6 Å². The van der Waals surface area contributed by atoms with E-state index in [1.165, 1.54) is 5.56 Å². The van der Waals surface area contributed by atoms with Crippen LogP contribution in [0.2, 0.25) is 0 Å². The number of nitrogens with one attached hydrogen (secondary N) is 1. The fraction of sp³-hybridized carbons (Fsp3) is 0.500. The number of alkyl carbamates (subject to hydrolysis) is 1. The first-order valence-corrected chi connectivity index (χ1v) is 6.52. The minimum atomic E-state index is -0.266. The summed E-state index contributed by atoms with van der Waals surface area (Å²) in [7, 11) is 0. The van der Waals surface area contributed by atoms with E-state index in [1.54, 1.807) is 0 Å². The normalized spacial score (nSPS) is 28.1. The summed E-state index contributed by atoms with van der Waals surface area (Å²) in [6.45, 7) is 3.64. The van der Waals surface area contributed by atoms with E-state index >= 15 is 0 Å². The van der Waals surface area contributed by atoms with Crippen LogP contribution in [0.1, 0.15) is 12.0 Å². The van der Waals surface area contributed by atoms with Gasteiger partial charge in [-0.3, -0.25) is 4.90 Å². The molecule has 0 radical (unpaired) electrons. The fourth-order valence-electron chi connectivity index (χ4n) is 2.77. The van der Waals surface area contributed by atoms with Crippen LogP contribution in [0.4, 0.5) is 4.79 Å². The number of ether oxygens (including phenoxy) is 1. The van der Waals surface area contributed by atoms with Gasteiger partial charge in [0.25, 0.3) is 0 Å². The van der Waals surface area contributed by atoms with Crippen LogP contribution in [0.5, 0.6) is 0 Å². The zero-order chi connectivity index (χ0) is 12.4. The van der Waals surface area contributed by atoms with E-state index in [0.29, 0.717) is 5.92 Å². The summed E-state index contributed by atoms with van der Waals surface area (Å²) in [5, 5.41) is 2.77. The second kappa shape index (κ2) is 4.98. The number of fused-ring (bicyclic) bond motifs is 1. The van der Waals surface area contributed by atoms with Crippen LogP contribution >= 0.6 is 0 Å². The highest BCUT2D eigenvalue weighted by molar-refractivity contribution is 5.68. The van der Waals surface area contributed by atoms with Crippen molar-refractivity contribution < 1.29 is 9.53 Å². The van der Waals surface area contributed by atoms with Crippen molar-refractivity contribution in [2.75, 3.05) is 19.6 Å². The van der Waals surface area contributed by atoms with Crippen molar-refractivity contribution in [2.45, 2.75) is 19.1 Å². The van der Waals surface area contributed by atoms with Gasteiger partial charge < -0.3 is 10.1 Å². The Labute approximate surface area is 107 Å². The highest BCUT2D eigenvalue weighted by Crippen LogP contribution is 2.23. The predicted molar refractivity (Wildman–Crippen MR) is 68.1 cm³/mol. The van der Waals surface area contributed by atoms with Crippen LogP contribution in [-0.4, -0.2) is 36.7 Å². The summed E-state index contributed by atoms with van der Waals surface area (Å²) in [5.41, 5.74) is 1.32. The molecule has 1 aromatic carbocycles. The van der Waals surface area contributed by atoms with Gasteiger partial charge in [-0.1, -0.05) is 30.3 Å². The Balaban J connectivity index is 1.61. The lowest BCUT2D eigenvalue weighted by Crippen LogP contribution is -2.53. The molecule has 1 N–H and O–H groups in total. The summed E-state index contributed by atoms with van der Waals surface area (Å²) in [6.07, 6.45) is 0.895. The summed E-state index contributed by atoms with van der Waals surface area (Å²) < 4.78 is 5.37. The van der Waals surface area contributed by atoms with Crippen molar-refractivity contribution in [3.8, 4) is 0 Å². The molecule has 0 aromatic heterocycles. The average Bonchev–Trinajstić information content (AvgIpc) is 2.39. The lowest BCUT2D eigenvalue weighted by Gasteiger charge is -2.40. The quantitative estimate of drug-likeness (QED) is 0.862. The number of piperidine rings is 1. The number of rotatable bonds is 2. The van der Waals surface area contributed by atoms with Gasteiger partial charge in [-0.25, -0.2) is 4.79 Å². The van der Waals surface area contributed by atoms with Gasteiger partial charge in [0.05, 0.1) is 0 Å². The van der Waals surface area contributed by atoms with E-state index in [-0.39, 0.29) is 12.2 Å². The zero-order valence-corrected chi connectivity index (χ0v) is 10.3. The number of carbonyl (C=O) groups is 1. The molecule has 2 aliphatic rings. The fourth-order valence-corrected chi connectivity index (χ4v) is 2.77. The molecular weight excluding hydrogens is 228 g/mol. The molecule has 2 saturated heterocycles. The van der Waals surface area contributed by atoms with Gasteiger partial charge in [0.1, 0.15) is 6.10 Å². The van der Waals surface area contributed by atoms with Gasteiger partial charge in [0, 0.05) is 25.6 Å². The molecular formula is C14H18N2O2. The molecule has 0 saturated carbocycles. The molecule has 4 nitrogen and oxygen atoms in total. The minimum absolute atomic E-state index is 0.0659. The third-order valence-electron chi connectivity index (χ3n) is 3.80. The first kappa shape index (κ1) is 11.5. The van der Waals surface area contributed by atoms with Gasteiger partial charge >= 0.3 is 6.09 Å². The molecule has 2 atom stereocenters. The molecule has 2 heterocycles. The second-order valence-corrected chi connectivity index (χ2v) is 5.09. The molecule has 18 heavy (non-hydrogen) atoms. The molecule has 96 valence electrons. The van der Waals surface area contributed by atoms with Crippen LogP contribution in [0.15, 0.2) is 30.3 Å². The Kier molecular flexibility index (Phi) is 3.19. The number of hydrogen-bond donors (Lipinski definition) is 1. The second-order valence-electron chi connectivity index (χ2n) is 5.09. The number of carbonyl (C=O) groups excluding carboxylic acids is 1. The van der Waals surface area contributed by atoms with Gasteiger partial charge in [0.2, 0.25) is 0 Å². The molecule has 3 rings (SSSR count). The lowest BCUT2D eigenvalue weighted by atomic mass is 9.92. The maximum atomic E-state index is 11.2. The summed E-state index contributed by atoms with van der Waals surface area (Å²) >= 11 is 0. The first-order valence-electron chi connectivity index (χ1n) is 6.52. The third-order valence-corrected chi connectivity index (χ3v) is 3.80. The van der Waals surface area contributed by atoms with Crippen LogP contribution in [0.25, 0.3) is 0 Å². The maximum Gasteiger partial charge on any atom is 0.407 e. The smallest absolute Gasteiger partial charge is 0.407 e. The molecule has 2 fully saturated rings. The van der Waals surface area contributed by atoms with Crippen LogP contribution in [0, 0.1) is 5.92 Å². The zero-order valence-electron chi connectivity index (χ0n) is 10.3. The van der Waals surface area contributed by atoms with Crippen molar-refractivity contribution in [1.82, 2.24) is 10.2 Å². The van der Waals surface area contributed by atoms with Crippen molar-refractivity contribution >= 4 is 6.09 Å². The SMILES string of the molecule is O=C1NCC2CCN(Cc3ccccc3)CC2O1. The van der Waals surface area contributed by atoms with Gasteiger partial charge in [-0.05, 0) is 18.5 Å². The third kappa shape index (κ3) is 2.48. The first-order chi connectivity index (χ1) is 8.81. The minimum Gasteiger partial charge on any atom is -0.445 e. The number of likely N-dealkylation sites (tertiary alicyclic amines) is 1. The van der Waals surface area contributed by atoms with Gasteiger partial charge in [-0.2, -0.15) is 0 Å². The Bertz CT molecular complexity index is 421. The van der Waals surface area contributed by atoms with E-state index in [0.717, 1.165) is 32.6 Å². The maximum absolute atomic E-state index is 11.2. The van der Waals surface area contributed by atoms with Gasteiger partial charge in [0.15, 0.2) is 0 Å². The van der Waals surface area contributed by atoms with Crippen molar-refractivity contribution in [2.24, 2.45) is 5.92 Å². The molecule has 1 aromatic rings. The van der Waals surface area contributed by atoms with E-state index in [1.807, 2.05) is 6.07 Å². The Morgan fingerprint density at radius 2 is 2.17 bits per heavy atom. The van der Waals surface area contributed by atoms with Crippen molar-refractivity contribution in [3.63, 3.8) is 0 Å². The van der Waals surface area contributed by atoms with Gasteiger partial charge in [-0.15, -0.1) is 0 Å². The van der Waals surface area contributed by atoms with Crippen LogP contribution < -0.4 is 5.32 Å². The molecule has 4 heteroatoms. The largest absolute Gasteiger partial charge is 0.445 e. The highest BCUT2D eigenvalue weighted by atomic mass is 16.6. The number of nitrogens with zero attached hydrogens (tertiary/aromatic N) is 1. The predicted octanol–water partition coefficient (Wildman–Crippen LogP) is 1.62. The van der Waals surface area contributed by atoms with E-state index < -0.39 is 0 Å². The van der Waals surface area contributed by atoms with Crippen LogP contribution in [0.3, 0.4) is 0 Å². The lowest BCUT2D eigenvalue weighted by molar-refractivity contribution is -0.0170. The van der Waals surface area contributed by atoms with Crippen LogP contribution in [-0.2, 0) is 11.3 Å². The average molecular weight is 246 g/mol. The Morgan fingerprint density at radius 1 is 1.33 bits per heavy atom. The summed E-state index contributed by atoms with van der Waals surface area (Å²) in [6, 6.07) is 10.4. The Hall–Kier alpha value is -1.55. The van der Waals surface area contributed by atoms with E-state index in [9.17, 15) is 4.79 Å². The highest BCUT2D eigenvalue weighted by Gasteiger charge is 2.35. The summed E-state index contributed by atoms with van der Waals surface area (Å²) in [4.78, 5) is 13.6. The van der Waals surface area contributed by atoms with E-state index in [2.05, 4.69) is 34.5 Å². The monoisotopic (exact) mass is 246 g/mol. The van der Waals surface area contributed by atoms with E-state index in [4.69, 9.17) is 4.74 Å². The summed E-state index contributed by atoms with van der Waals surface area (Å²) in [5.74, 6) is 0.481. The van der Waals surface area contributed by atoms with Crippen molar-refractivity contribution in [1.29, 1.82) is 0 Å². The van der Waals surface area contributed by atoms with Crippen molar-refractivity contribution in [3.05, 3.63) is 35.9 Å². The molecule has 2 unspecified atom stereocenters. The number of amides is 1. The molecule has 0 spiro atoms. The molecule has 0 aliphatic carbocycles. The number of benzene rings is 1. The standard InChI is InChI=1S/C14H18N2O2/c17-14-15-8-12-6-7-16(10-13(12)18-14)9-11-4-2-1-3-5-11/h1-5,12-13H,6-10H2,(H,15,17). The number of hydrogen-bond acceptors (Lipinski definition) is 3. The molecule has 0 bridgehead atoms. The Morgan fingerprint density at radius 3 is 3.00 bits per heavy atom. The molecule has 1 amide bonds. The molecule has 2 aliphatic heterocycles.